The second-order valence-corrected chi connectivity index (χ2v) is 5.70. The van der Waals surface area contributed by atoms with Gasteiger partial charge >= 0.3 is 0 Å². The third kappa shape index (κ3) is 4.08. The van der Waals surface area contributed by atoms with Gasteiger partial charge in [-0.2, -0.15) is 0 Å². The number of amides is 1. The van der Waals surface area contributed by atoms with Gasteiger partial charge in [0.05, 0.1) is 12.1 Å². The van der Waals surface area contributed by atoms with Crippen LogP contribution in [0.5, 0.6) is 0 Å². The lowest BCUT2D eigenvalue weighted by Gasteiger charge is -2.29. The number of hydrogen-bond acceptors (Lipinski definition) is 4. The standard InChI is InChI=1S/C13H20N2O2S/c16-12-6-7-14-9-11(12)15-13(17)5-1-3-10-4-2-8-18-10/h2,4,8,11-12,14,16H,1,3,5-7,9H2,(H,15,17)/t11-,12+/m0/s1. The molecular weight excluding hydrogens is 248 g/mol. The van der Waals surface area contributed by atoms with Crippen LogP contribution in [-0.2, 0) is 11.2 Å². The second kappa shape index (κ2) is 6.87. The zero-order valence-electron chi connectivity index (χ0n) is 10.4. The van der Waals surface area contributed by atoms with E-state index in [1.165, 1.54) is 4.88 Å². The van der Waals surface area contributed by atoms with Gasteiger partial charge in [0.15, 0.2) is 0 Å². The Morgan fingerprint density at radius 2 is 2.50 bits per heavy atom. The Morgan fingerprint density at radius 1 is 1.61 bits per heavy atom. The van der Waals surface area contributed by atoms with Gasteiger partial charge in [0, 0.05) is 17.8 Å². The van der Waals surface area contributed by atoms with E-state index in [2.05, 4.69) is 22.1 Å². The molecule has 1 aliphatic rings. The van der Waals surface area contributed by atoms with E-state index in [0.717, 1.165) is 19.4 Å². The lowest BCUT2D eigenvalue weighted by Crippen LogP contribution is -2.53. The lowest BCUT2D eigenvalue weighted by atomic mass is 10.0. The largest absolute Gasteiger partial charge is 0.391 e. The highest BCUT2D eigenvalue weighted by Crippen LogP contribution is 2.12. The summed E-state index contributed by atoms with van der Waals surface area (Å²) >= 11 is 1.73. The first-order valence-corrected chi connectivity index (χ1v) is 7.34. The molecule has 3 N–H and O–H groups in total. The molecule has 18 heavy (non-hydrogen) atoms. The van der Waals surface area contributed by atoms with Crippen LogP contribution in [-0.4, -0.2) is 36.2 Å². The van der Waals surface area contributed by atoms with Crippen molar-refractivity contribution in [3.8, 4) is 0 Å². The van der Waals surface area contributed by atoms with Gasteiger partial charge in [0.25, 0.3) is 0 Å². The molecule has 4 nitrogen and oxygen atoms in total. The maximum atomic E-state index is 11.7. The van der Waals surface area contributed by atoms with E-state index in [1.54, 1.807) is 11.3 Å². The molecule has 5 heteroatoms. The average Bonchev–Trinajstić information content (AvgIpc) is 2.85. The molecule has 1 fully saturated rings. The van der Waals surface area contributed by atoms with Crippen LogP contribution in [0, 0.1) is 0 Å². The highest BCUT2D eigenvalue weighted by molar-refractivity contribution is 7.09. The predicted octanol–water partition coefficient (Wildman–Crippen LogP) is 0.910. The number of aryl methyl sites for hydroxylation is 1. The number of nitrogens with one attached hydrogen (secondary N) is 2. The summed E-state index contributed by atoms with van der Waals surface area (Å²) in [7, 11) is 0. The second-order valence-electron chi connectivity index (χ2n) is 4.67. The summed E-state index contributed by atoms with van der Waals surface area (Å²) in [5, 5.41) is 17.9. The number of carbonyl (C=O) groups is 1. The summed E-state index contributed by atoms with van der Waals surface area (Å²) < 4.78 is 0. The summed E-state index contributed by atoms with van der Waals surface area (Å²) in [4.78, 5) is 13.1. The first kappa shape index (κ1) is 13.5. The van der Waals surface area contributed by atoms with Crippen molar-refractivity contribution in [3.05, 3.63) is 22.4 Å². The first-order valence-electron chi connectivity index (χ1n) is 6.46. The third-order valence-corrected chi connectivity index (χ3v) is 4.14. The molecule has 1 amide bonds. The van der Waals surface area contributed by atoms with Crippen LogP contribution in [0.2, 0.25) is 0 Å². The molecule has 0 aromatic carbocycles. The number of thiophene rings is 1. The fourth-order valence-electron chi connectivity index (χ4n) is 2.15. The number of piperidine rings is 1. The molecule has 1 aromatic heterocycles. The number of hydrogen-bond donors (Lipinski definition) is 3. The fraction of sp³-hybridized carbons (Fsp3) is 0.615. The van der Waals surface area contributed by atoms with E-state index in [1.807, 2.05) is 6.07 Å². The topological polar surface area (TPSA) is 61.4 Å². The molecule has 2 rings (SSSR count). The van der Waals surface area contributed by atoms with Crippen molar-refractivity contribution in [2.24, 2.45) is 0 Å². The van der Waals surface area contributed by atoms with Crippen molar-refractivity contribution < 1.29 is 9.90 Å². The van der Waals surface area contributed by atoms with Gasteiger partial charge in [-0.3, -0.25) is 4.79 Å². The van der Waals surface area contributed by atoms with Gasteiger partial charge in [-0.15, -0.1) is 11.3 Å². The van der Waals surface area contributed by atoms with Crippen LogP contribution in [0.25, 0.3) is 0 Å². The molecule has 1 aromatic rings. The molecule has 0 saturated carbocycles. The molecule has 2 heterocycles. The van der Waals surface area contributed by atoms with Crippen molar-refractivity contribution in [2.75, 3.05) is 13.1 Å². The maximum absolute atomic E-state index is 11.7. The minimum atomic E-state index is -0.410. The van der Waals surface area contributed by atoms with E-state index in [4.69, 9.17) is 0 Å². The molecule has 0 radical (unpaired) electrons. The Hall–Kier alpha value is -0.910. The van der Waals surface area contributed by atoms with E-state index >= 15 is 0 Å². The molecule has 100 valence electrons. The Morgan fingerprint density at radius 3 is 3.22 bits per heavy atom. The summed E-state index contributed by atoms with van der Waals surface area (Å²) in [6.07, 6.45) is 2.65. The predicted molar refractivity (Wildman–Crippen MR) is 72.7 cm³/mol. The van der Waals surface area contributed by atoms with Crippen LogP contribution in [0.3, 0.4) is 0 Å². The fourth-order valence-corrected chi connectivity index (χ4v) is 2.90. The molecular formula is C13H20N2O2S. The zero-order chi connectivity index (χ0) is 12.8. The van der Waals surface area contributed by atoms with Crippen LogP contribution < -0.4 is 10.6 Å². The highest BCUT2D eigenvalue weighted by Gasteiger charge is 2.23. The molecule has 0 aliphatic carbocycles. The van der Waals surface area contributed by atoms with Gasteiger partial charge in [0.1, 0.15) is 0 Å². The monoisotopic (exact) mass is 268 g/mol. The molecule has 0 unspecified atom stereocenters. The van der Waals surface area contributed by atoms with Crippen molar-refractivity contribution in [1.82, 2.24) is 10.6 Å². The van der Waals surface area contributed by atoms with E-state index in [0.29, 0.717) is 19.4 Å². The summed E-state index contributed by atoms with van der Waals surface area (Å²) in [6, 6.07) is 4.00. The average molecular weight is 268 g/mol. The van der Waals surface area contributed by atoms with E-state index < -0.39 is 6.10 Å². The Balaban J connectivity index is 1.65. The Labute approximate surface area is 111 Å². The molecule has 0 spiro atoms. The Kier molecular flexibility index (Phi) is 5.16. The van der Waals surface area contributed by atoms with Crippen LogP contribution >= 0.6 is 11.3 Å². The normalized spacial score (nSPS) is 23.8. The Bertz CT molecular complexity index is 367. The zero-order valence-corrected chi connectivity index (χ0v) is 11.2. The number of aliphatic hydroxyl groups is 1. The summed E-state index contributed by atoms with van der Waals surface area (Å²) in [6.45, 7) is 1.49. The lowest BCUT2D eigenvalue weighted by molar-refractivity contribution is -0.122. The third-order valence-electron chi connectivity index (χ3n) is 3.20. The van der Waals surface area contributed by atoms with Crippen molar-refractivity contribution in [2.45, 2.75) is 37.8 Å². The smallest absolute Gasteiger partial charge is 0.220 e. The van der Waals surface area contributed by atoms with Crippen molar-refractivity contribution in [3.63, 3.8) is 0 Å². The van der Waals surface area contributed by atoms with Gasteiger partial charge in [-0.1, -0.05) is 6.07 Å². The van der Waals surface area contributed by atoms with E-state index in [-0.39, 0.29) is 11.9 Å². The van der Waals surface area contributed by atoms with Gasteiger partial charge in [-0.05, 0) is 37.3 Å². The number of rotatable bonds is 5. The van der Waals surface area contributed by atoms with Crippen molar-refractivity contribution >= 4 is 17.2 Å². The highest BCUT2D eigenvalue weighted by atomic mass is 32.1. The van der Waals surface area contributed by atoms with Crippen molar-refractivity contribution in [1.29, 1.82) is 0 Å². The minimum absolute atomic E-state index is 0.0410. The van der Waals surface area contributed by atoms with Crippen LogP contribution in [0.1, 0.15) is 24.1 Å². The first-order chi connectivity index (χ1) is 8.75. The molecule has 1 aliphatic heterocycles. The molecule has 0 bridgehead atoms. The minimum Gasteiger partial charge on any atom is -0.391 e. The van der Waals surface area contributed by atoms with Crippen LogP contribution in [0.15, 0.2) is 17.5 Å². The quantitative estimate of drug-likeness (QED) is 0.744. The van der Waals surface area contributed by atoms with Crippen LogP contribution in [0.4, 0.5) is 0 Å². The molecule has 2 atom stereocenters. The molecule has 1 saturated heterocycles. The maximum Gasteiger partial charge on any atom is 0.220 e. The summed E-state index contributed by atoms with van der Waals surface area (Å²) in [5.41, 5.74) is 0. The van der Waals surface area contributed by atoms with Gasteiger partial charge < -0.3 is 15.7 Å². The number of aliphatic hydroxyl groups excluding tert-OH is 1. The van der Waals surface area contributed by atoms with E-state index in [9.17, 15) is 9.90 Å². The van der Waals surface area contributed by atoms with Gasteiger partial charge in [0.2, 0.25) is 5.91 Å². The SMILES string of the molecule is O=C(CCCc1cccs1)N[C@H]1CNCC[C@H]1O. The summed E-state index contributed by atoms with van der Waals surface area (Å²) in [5.74, 6) is 0.0410. The van der Waals surface area contributed by atoms with Gasteiger partial charge in [-0.25, -0.2) is 0 Å². The number of carbonyl (C=O) groups excluding carboxylic acids is 1.